The summed E-state index contributed by atoms with van der Waals surface area (Å²) in [6, 6.07) is 12.2. The number of nitrogens with one attached hydrogen (secondary N) is 2. The zero-order chi connectivity index (χ0) is 16.1. The summed E-state index contributed by atoms with van der Waals surface area (Å²) < 4.78 is 0. The first-order chi connectivity index (χ1) is 10.5. The van der Waals surface area contributed by atoms with Gasteiger partial charge in [-0.05, 0) is 30.0 Å². The molecule has 0 saturated heterocycles. The number of aromatic amines is 1. The third-order valence-corrected chi connectivity index (χ3v) is 3.33. The van der Waals surface area contributed by atoms with E-state index in [9.17, 15) is 14.7 Å². The second-order valence-corrected chi connectivity index (χ2v) is 5.65. The zero-order valence-electron chi connectivity index (χ0n) is 12.7. The molecule has 0 saturated carbocycles. The quantitative estimate of drug-likeness (QED) is 0.767. The molecule has 0 fully saturated rings. The molecule has 0 unspecified atom stereocenters. The Balaban J connectivity index is 2.10. The Bertz CT molecular complexity index is 647. The minimum Gasteiger partial charge on any atom is -0.480 e. The molecule has 1 aromatic carbocycles. The number of carboxylic acid groups (broad SMARTS) is 1. The van der Waals surface area contributed by atoms with Crippen LogP contribution in [-0.2, 0) is 4.79 Å². The van der Waals surface area contributed by atoms with E-state index < -0.39 is 17.9 Å². The monoisotopic (exact) mass is 300 g/mol. The van der Waals surface area contributed by atoms with Gasteiger partial charge in [0, 0.05) is 5.69 Å². The number of H-pyrrole nitrogens is 1. The molecule has 0 bridgehead atoms. The second kappa shape index (κ2) is 6.93. The van der Waals surface area contributed by atoms with Crippen molar-refractivity contribution in [3.8, 4) is 11.3 Å². The van der Waals surface area contributed by atoms with E-state index in [2.05, 4.69) is 10.3 Å². The Morgan fingerprint density at radius 2 is 1.82 bits per heavy atom. The van der Waals surface area contributed by atoms with Crippen LogP contribution in [0.5, 0.6) is 0 Å². The fraction of sp³-hybridized carbons (Fsp3) is 0.294. The van der Waals surface area contributed by atoms with E-state index in [0.717, 1.165) is 11.3 Å². The second-order valence-electron chi connectivity index (χ2n) is 5.65. The van der Waals surface area contributed by atoms with Crippen molar-refractivity contribution in [1.29, 1.82) is 0 Å². The maximum atomic E-state index is 12.2. The van der Waals surface area contributed by atoms with Crippen molar-refractivity contribution in [3.05, 3.63) is 48.2 Å². The molecule has 1 atom stereocenters. The smallest absolute Gasteiger partial charge is 0.326 e. The number of carbonyl (C=O) groups excluding carboxylic acids is 1. The lowest BCUT2D eigenvalue weighted by Gasteiger charge is -2.15. The van der Waals surface area contributed by atoms with Gasteiger partial charge < -0.3 is 15.4 Å². The van der Waals surface area contributed by atoms with Crippen LogP contribution in [0, 0.1) is 5.92 Å². The third-order valence-electron chi connectivity index (χ3n) is 3.33. The summed E-state index contributed by atoms with van der Waals surface area (Å²) in [5.74, 6) is -1.24. The highest BCUT2D eigenvalue weighted by molar-refractivity contribution is 5.95. The van der Waals surface area contributed by atoms with Crippen LogP contribution < -0.4 is 5.32 Å². The van der Waals surface area contributed by atoms with Crippen LogP contribution in [0.4, 0.5) is 0 Å². The molecule has 1 aromatic heterocycles. The fourth-order valence-corrected chi connectivity index (χ4v) is 2.24. The van der Waals surface area contributed by atoms with Crippen molar-refractivity contribution in [3.63, 3.8) is 0 Å². The fourth-order valence-electron chi connectivity index (χ4n) is 2.24. The van der Waals surface area contributed by atoms with Crippen molar-refractivity contribution in [2.75, 3.05) is 0 Å². The number of hydrogen-bond donors (Lipinski definition) is 3. The van der Waals surface area contributed by atoms with E-state index in [1.54, 1.807) is 6.07 Å². The van der Waals surface area contributed by atoms with Crippen molar-refractivity contribution in [2.45, 2.75) is 26.3 Å². The SMILES string of the molecule is CC(C)C[C@@H](NC(=O)c1ccc(-c2ccccc2)[nH]1)C(=O)O. The van der Waals surface area contributed by atoms with Gasteiger partial charge >= 0.3 is 5.97 Å². The number of carbonyl (C=O) groups is 2. The summed E-state index contributed by atoms with van der Waals surface area (Å²) in [5, 5.41) is 11.7. The van der Waals surface area contributed by atoms with Gasteiger partial charge in [0.2, 0.25) is 0 Å². The van der Waals surface area contributed by atoms with Gasteiger partial charge in [-0.25, -0.2) is 4.79 Å². The number of benzene rings is 1. The van der Waals surface area contributed by atoms with Crippen LogP contribution >= 0.6 is 0 Å². The molecule has 1 heterocycles. The average molecular weight is 300 g/mol. The Kier molecular flexibility index (Phi) is 4.99. The highest BCUT2D eigenvalue weighted by Crippen LogP contribution is 2.18. The maximum absolute atomic E-state index is 12.2. The first-order valence-electron chi connectivity index (χ1n) is 7.25. The first-order valence-corrected chi connectivity index (χ1v) is 7.25. The molecule has 5 heteroatoms. The van der Waals surface area contributed by atoms with Gasteiger partial charge in [0.25, 0.3) is 5.91 Å². The summed E-state index contributed by atoms with van der Waals surface area (Å²) >= 11 is 0. The van der Waals surface area contributed by atoms with Gasteiger partial charge in [0.15, 0.2) is 0 Å². The predicted molar refractivity (Wildman–Crippen MR) is 84.6 cm³/mol. The van der Waals surface area contributed by atoms with Crippen LogP contribution in [0.2, 0.25) is 0 Å². The van der Waals surface area contributed by atoms with Crippen LogP contribution in [0.3, 0.4) is 0 Å². The molecular formula is C17H20N2O3. The summed E-state index contributed by atoms with van der Waals surface area (Å²) in [5.41, 5.74) is 2.15. The predicted octanol–water partition coefficient (Wildman–Crippen LogP) is 2.91. The summed E-state index contributed by atoms with van der Waals surface area (Å²) in [6.07, 6.45) is 0.396. The van der Waals surface area contributed by atoms with E-state index in [1.165, 1.54) is 0 Å². The maximum Gasteiger partial charge on any atom is 0.326 e. The van der Waals surface area contributed by atoms with Crippen molar-refractivity contribution >= 4 is 11.9 Å². The zero-order valence-corrected chi connectivity index (χ0v) is 12.7. The van der Waals surface area contributed by atoms with E-state index in [-0.39, 0.29) is 5.92 Å². The first kappa shape index (κ1) is 15.8. The lowest BCUT2D eigenvalue weighted by atomic mass is 10.0. The van der Waals surface area contributed by atoms with Gasteiger partial charge in [-0.3, -0.25) is 4.79 Å². The molecular weight excluding hydrogens is 280 g/mol. The van der Waals surface area contributed by atoms with Gasteiger partial charge in [0.1, 0.15) is 11.7 Å². The molecule has 0 spiro atoms. The molecule has 5 nitrogen and oxygen atoms in total. The topological polar surface area (TPSA) is 82.2 Å². The molecule has 0 aliphatic heterocycles. The molecule has 1 amide bonds. The normalized spacial score (nSPS) is 12.1. The number of rotatable bonds is 6. The van der Waals surface area contributed by atoms with Gasteiger partial charge in [-0.2, -0.15) is 0 Å². The van der Waals surface area contributed by atoms with Crippen LogP contribution in [-0.4, -0.2) is 28.0 Å². The highest BCUT2D eigenvalue weighted by atomic mass is 16.4. The van der Waals surface area contributed by atoms with Gasteiger partial charge in [0.05, 0.1) is 0 Å². The summed E-state index contributed by atoms with van der Waals surface area (Å²) in [7, 11) is 0. The number of aliphatic carboxylic acids is 1. The lowest BCUT2D eigenvalue weighted by molar-refractivity contribution is -0.139. The van der Waals surface area contributed by atoms with E-state index >= 15 is 0 Å². The van der Waals surface area contributed by atoms with E-state index in [1.807, 2.05) is 50.2 Å². The van der Waals surface area contributed by atoms with Crippen molar-refractivity contribution < 1.29 is 14.7 Å². The van der Waals surface area contributed by atoms with Gasteiger partial charge in [-0.1, -0.05) is 44.2 Å². The number of amides is 1. The minimum absolute atomic E-state index is 0.185. The molecule has 3 N–H and O–H groups in total. The molecule has 0 radical (unpaired) electrons. The molecule has 2 rings (SSSR count). The van der Waals surface area contributed by atoms with Crippen LogP contribution in [0.25, 0.3) is 11.3 Å². The minimum atomic E-state index is -1.02. The lowest BCUT2D eigenvalue weighted by Crippen LogP contribution is -2.41. The number of hydrogen-bond acceptors (Lipinski definition) is 2. The third kappa shape index (κ3) is 3.97. The van der Waals surface area contributed by atoms with Crippen molar-refractivity contribution in [2.24, 2.45) is 5.92 Å². The Hall–Kier alpha value is -2.56. The number of carboxylic acids is 1. The van der Waals surface area contributed by atoms with Crippen LogP contribution in [0.15, 0.2) is 42.5 Å². The molecule has 22 heavy (non-hydrogen) atoms. The number of aromatic nitrogens is 1. The Morgan fingerprint density at radius 1 is 1.14 bits per heavy atom. The van der Waals surface area contributed by atoms with Crippen LogP contribution in [0.1, 0.15) is 30.8 Å². The van der Waals surface area contributed by atoms with Gasteiger partial charge in [-0.15, -0.1) is 0 Å². The Labute approximate surface area is 129 Å². The van der Waals surface area contributed by atoms with Crippen molar-refractivity contribution in [1.82, 2.24) is 10.3 Å². The molecule has 0 aliphatic rings. The highest BCUT2D eigenvalue weighted by Gasteiger charge is 2.22. The van der Waals surface area contributed by atoms with E-state index in [0.29, 0.717) is 12.1 Å². The molecule has 0 aliphatic carbocycles. The standard InChI is InChI=1S/C17H20N2O3/c1-11(2)10-15(17(21)22)19-16(20)14-9-8-13(18-14)12-6-4-3-5-7-12/h3-9,11,15,18H,10H2,1-2H3,(H,19,20)(H,21,22)/t15-/m1/s1. The van der Waals surface area contributed by atoms with E-state index in [4.69, 9.17) is 0 Å². The summed E-state index contributed by atoms with van der Waals surface area (Å²) in [6.45, 7) is 3.84. The molecule has 2 aromatic rings. The largest absolute Gasteiger partial charge is 0.480 e. The average Bonchev–Trinajstić information content (AvgIpc) is 2.96. The molecule has 116 valence electrons. The Morgan fingerprint density at radius 3 is 2.41 bits per heavy atom. The summed E-state index contributed by atoms with van der Waals surface area (Å²) in [4.78, 5) is 26.4.